The van der Waals surface area contributed by atoms with Gasteiger partial charge in [-0.3, -0.25) is 19.7 Å². The summed E-state index contributed by atoms with van der Waals surface area (Å²) in [7, 11) is 0. The maximum absolute atomic E-state index is 12.9. The Balaban J connectivity index is 2.47. The lowest BCUT2D eigenvalue weighted by molar-refractivity contribution is -0.384. The molecule has 1 rings (SSSR count). The van der Waals surface area contributed by atoms with Crippen LogP contribution >= 0.6 is 0 Å². The molecule has 6 nitrogen and oxygen atoms in total. The van der Waals surface area contributed by atoms with Gasteiger partial charge >= 0.3 is 11.9 Å². The van der Waals surface area contributed by atoms with E-state index in [1.165, 1.54) is 82.8 Å². The van der Waals surface area contributed by atoms with E-state index in [1.807, 2.05) is 0 Å². The predicted molar refractivity (Wildman–Crippen MR) is 146 cm³/mol. The maximum atomic E-state index is 12.9. The molecule has 1 aromatic carbocycles. The Labute approximate surface area is 218 Å². The summed E-state index contributed by atoms with van der Waals surface area (Å²) < 4.78 is 5.23. The number of nitro groups is 1. The second kappa shape index (κ2) is 20.9. The third kappa shape index (κ3) is 15.0. The predicted octanol–water partition coefficient (Wildman–Crippen LogP) is 9.20. The maximum Gasteiger partial charge on any atom is 0.321 e. The molecule has 0 saturated carbocycles. The van der Waals surface area contributed by atoms with Gasteiger partial charge in [0.2, 0.25) is 0 Å². The highest BCUT2D eigenvalue weighted by molar-refractivity contribution is 5.89. The highest BCUT2D eigenvalue weighted by Gasteiger charge is 2.25. The summed E-state index contributed by atoms with van der Waals surface area (Å²) in [6.45, 7) is 4.42. The third-order valence-electron chi connectivity index (χ3n) is 6.84. The van der Waals surface area contributed by atoms with Crippen LogP contribution in [0.25, 0.3) is 0 Å². The molecule has 0 heterocycles. The minimum absolute atomic E-state index is 0.0145. The minimum atomic E-state index is -0.571. The first-order valence-electron chi connectivity index (χ1n) is 14.5. The van der Waals surface area contributed by atoms with Gasteiger partial charge in [-0.05, 0) is 18.4 Å². The number of nitro benzene ring substituents is 1. The summed E-state index contributed by atoms with van der Waals surface area (Å²) in [6.07, 6.45) is 20.5. The Morgan fingerprint density at radius 3 is 1.64 bits per heavy atom. The van der Waals surface area contributed by atoms with Crippen molar-refractivity contribution >= 4 is 17.6 Å². The second-order valence-corrected chi connectivity index (χ2v) is 10.0. The zero-order valence-corrected chi connectivity index (χ0v) is 22.8. The van der Waals surface area contributed by atoms with Crippen molar-refractivity contribution in [2.75, 3.05) is 0 Å². The number of carbonyl (C=O) groups excluding carboxylic acids is 2. The van der Waals surface area contributed by atoms with Gasteiger partial charge in [0.15, 0.2) is 0 Å². The topological polar surface area (TPSA) is 86.5 Å². The number of benzene rings is 1. The number of ether oxygens (including phenoxy) is 1. The second-order valence-electron chi connectivity index (χ2n) is 10.0. The van der Waals surface area contributed by atoms with E-state index in [2.05, 4.69) is 13.8 Å². The Hall–Kier alpha value is -2.24. The van der Waals surface area contributed by atoms with Crippen molar-refractivity contribution < 1.29 is 19.2 Å². The van der Waals surface area contributed by atoms with E-state index in [-0.39, 0.29) is 12.1 Å². The average molecular weight is 504 g/mol. The molecule has 1 unspecified atom stereocenters. The monoisotopic (exact) mass is 503 g/mol. The van der Waals surface area contributed by atoms with Gasteiger partial charge in [-0.25, -0.2) is 0 Å². The van der Waals surface area contributed by atoms with E-state index < -0.39 is 22.8 Å². The van der Waals surface area contributed by atoms with Gasteiger partial charge in [-0.15, -0.1) is 0 Å². The van der Waals surface area contributed by atoms with Crippen molar-refractivity contribution in [1.82, 2.24) is 0 Å². The third-order valence-corrected chi connectivity index (χ3v) is 6.84. The number of hydrogen-bond acceptors (Lipinski definition) is 5. The molecule has 0 N–H and O–H groups in total. The highest BCUT2D eigenvalue weighted by atomic mass is 16.6. The number of non-ortho nitro benzene ring substituents is 1. The van der Waals surface area contributed by atoms with E-state index in [1.54, 1.807) is 12.1 Å². The molecule has 0 saturated heterocycles. The van der Waals surface area contributed by atoms with Crippen LogP contribution in [0.1, 0.15) is 147 Å². The molecular weight excluding hydrogens is 454 g/mol. The standard InChI is InChI=1S/C30H49NO5/c1-3-5-7-9-11-13-15-17-19-21-29(32)36-30(33)28(20-18-16-14-12-10-8-6-4-2)26-22-24-27(25-23-26)31(34)35/h22-25,28H,3-21H2,1-2H3. The van der Waals surface area contributed by atoms with Gasteiger partial charge in [0.25, 0.3) is 5.69 Å². The van der Waals surface area contributed by atoms with E-state index in [0.29, 0.717) is 12.0 Å². The zero-order valence-electron chi connectivity index (χ0n) is 22.8. The molecule has 204 valence electrons. The summed E-state index contributed by atoms with van der Waals surface area (Å²) in [6, 6.07) is 6.04. The molecule has 0 aliphatic rings. The van der Waals surface area contributed by atoms with E-state index in [9.17, 15) is 19.7 Å². The SMILES string of the molecule is CCCCCCCCCCCC(=O)OC(=O)C(CCCCCCCCCC)c1ccc([N+](=O)[O-])cc1. The Bertz CT molecular complexity index is 731. The molecule has 36 heavy (non-hydrogen) atoms. The summed E-state index contributed by atoms with van der Waals surface area (Å²) >= 11 is 0. The lowest BCUT2D eigenvalue weighted by Crippen LogP contribution is -2.20. The fraction of sp³-hybridized carbons (Fsp3) is 0.733. The molecule has 6 heteroatoms. The number of esters is 2. The van der Waals surface area contributed by atoms with Crippen LogP contribution in [-0.2, 0) is 14.3 Å². The summed E-state index contributed by atoms with van der Waals surface area (Å²) in [5, 5.41) is 11.0. The number of nitrogens with zero attached hydrogens (tertiary/aromatic N) is 1. The van der Waals surface area contributed by atoms with Crippen LogP contribution in [0.3, 0.4) is 0 Å². The van der Waals surface area contributed by atoms with Crippen molar-refractivity contribution in [2.24, 2.45) is 0 Å². The van der Waals surface area contributed by atoms with Crippen molar-refractivity contribution in [3.63, 3.8) is 0 Å². The first-order valence-corrected chi connectivity index (χ1v) is 14.5. The number of unbranched alkanes of at least 4 members (excludes halogenated alkanes) is 15. The highest BCUT2D eigenvalue weighted by Crippen LogP contribution is 2.27. The van der Waals surface area contributed by atoms with Crippen LogP contribution in [-0.4, -0.2) is 16.9 Å². The summed E-state index contributed by atoms with van der Waals surface area (Å²) in [5.74, 6) is -1.57. The number of rotatable bonds is 22. The van der Waals surface area contributed by atoms with Crippen molar-refractivity contribution in [2.45, 2.75) is 142 Å². The van der Waals surface area contributed by atoms with Crippen LogP contribution < -0.4 is 0 Å². The van der Waals surface area contributed by atoms with Crippen LogP contribution in [0.2, 0.25) is 0 Å². The fourth-order valence-corrected chi connectivity index (χ4v) is 4.55. The Morgan fingerprint density at radius 1 is 0.722 bits per heavy atom. The summed E-state index contributed by atoms with van der Waals surface area (Å²) in [5.41, 5.74) is 0.656. The fourth-order valence-electron chi connectivity index (χ4n) is 4.55. The molecule has 0 spiro atoms. The summed E-state index contributed by atoms with van der Waals surface area (Å²) in [4.78, 5) is 35.7. The average Bonchev–Trinajstić information content (AvgIpc) is 2.87. The van der Waals surface area contributed by atoms with Crippen LogP contribution in [0.5, 0.6) is 0 Å². The van der Waals surface area contributed by atoms with Gasteiger partial charge in [-0.2, -0.15) is 0 Å². The normalized spacial score (nSPS) is 11.8. The molecule has 0 aliphatic heterocycles. The Morgan fingerprint density at radius 2 is 1.17 bits per heavy atom. The van der Waals surface area contributed by atoms with Crippen LogP contribution in [0, 0.1) is 10.1 Å². The molecule has 0 aliphatic carbocycles. The minimum Gasteiger partial charge on any atom is -0.393 e. The smallest absolute Gasteiger partial charge is 0.321 e. The largest absolute Gasteiger partial charge is 0.393 e. The molecule has 0 bridgehead atoms. The first-order chi connectivity index (χ1) is 17.5. The Kier molecular flexibility index (Phi) is 18.5. The van der Waals surface area contributed by atoms with Gasteiger partial charge in [0.1, 0.15) is 0 Å². The van der Waals surface area contributed by atoms with Gasteiger partial charge in [0, 0.05) is 18.6 Å². The van der Waals surface area contributed by atoms with Crippen LogP contribution in [0.4, 0.5) is 5.69 Å². The molecule has 1 atom stereocenters. The van der Waals surface area contributed by atoms with Crippen LogP contribution in [0.15, 0.2) is 24.3 Å². The van der Waals surface area contributed by atoms with Gasteiger partial charge in [0.05, 0.1) is 10.8 Å². The molecule has 0 fully saturated rings. The van der Waals surface area contributed by atoms with Gasteiger partial charge < -0.3 is 4.74 Å². The first kappa shape index (κ1) is 31.8. The number of carbonyl (C=O) groups is 2. The van der Waals surface area contributed by atoms with Crippen molar-refractivity contribution in [1.29, 1.82) is 0 Å². The number of hydrogen-bond donors (Lipinski definition) is 0. The van der Waals surface area contributed by atoms with E-state index in [4.69, 9.17) is 4.74 Å². The lowest BCUT2D eigenvalue weighted by atomic mass is 9.92. The molecule has 0 radical (unpaired) electrons. The molecule has 0 aromatic heterocycles. The van der Waals surface area contributed by atoms with E-state index in [0.717, 1.165) is 38.5 Å². The van der Waals surface area contributed by atoms with Crippen molar-refractivity contribution in [3.05, 3.63) is 39.9 Å². The molecule has 0 amide bonds. The zero-order chi connectivity index (χ0) is 26.4. The van der Waals surface area contributed by atoms with Gasteiger partial charge in [-0.1, -0.05) is 129 Å². The quantitative estimate of drug-likeness (QED) is 0.0517. The van der Waals surface area contributed by atoms with Crippen molar-refractivity contribution in [3.8, 4) is 0 Å². The molecular formula is C30H49NO5. The molecule has 1 aromatic rings. The van der Waals surface area contributed by atoms with E-state index >= 15 is 0 Å². The lowest BCUT2D eigenvalue weighted by Gasteiger charge is -2.16.